The van der Waals surface area contributed by atoms with E-state index in [1.54, 1.807) is 24.3 Å². The summed E-state index contributed by atoms with van der Waals surface area (Å²) in [5.74, 6) is -0.557. The normalized spacial score (nSPS) is 11.2. The fourth-order valence-electron chi connectivity index (χ4n) is 2.46. The van der Waals surface area contributed by atoms with Gasteiger partial charge in [-0.25, -0.2) is 0 Å². The maximum Gasteiger partial charge on any atom is 0.259 e. The zero-order valence-electron chi connectivity index (χ0n) is 14.8. The number of hydrogen-bond acceptors (Lipinski definition) is 5. The van der Waals surface area contributed by atoms with E-state index >= 15 is 0 Å². The Hall–Kier alpha value is -3.42. The lowest BCUT2D eigenvalue weighted by Gasteiger charge is -2.13. The number of hydrogen-bond donors (Lipinski definition) is 4. The van der Waals surface area contributed by atoms with Gasteiger partial charge in [-0.15, -0.1) is 0 Å². The molecular weight excluding hydrogens is 417 g/mol. The Morgan fingerprint density at radius 1 is 1.03 bits per heavy atom. The summed E-state index contributed by atoms with van der Waals surface area (Å²) in [6.07, 6.45) is 0. The first-order valence-electron chi connectivity index (χ1n) is 8.23. The van der Waals surface area contributed by atoms with Gasteiger partial charge in [0.05, 0.1) is 15.6 Å². The number of nitrogens with one attached hydrogen (secondary N) is 1. The summed E-state index contributed by atoms with van der Waals surface area (Å²) < 4.78 is 5.71. The summed E-state index contributed by atoms with van der Waals surface area (Å²) in [4.78, 5) is 12.5. The second-order valence-electron chi connectivity index (χ2n) is 5.86. The van der Waals surface area contributed by atoms with Gasteiger partial charge in [0.2, 0.25) is 0 Å². The Bertz CT molecular complexity index is 1070. The Morgan fingerprint density at radius 2 is 1.69 bits per heavy atom. The van der Waals surface area contributed by atoms with E-state index in [-0.39, 0.29) is 38.7 Å². The van der Waals surface area contributed by atoms with Gasteiger partial charge in [-0.1, -0.05) is 46.6 Å². The van der Waals surface area contributed by atoms with Crippen molar-refractivity contribution in [3.8, 4) is 17.2 Å². The van der Waals surface area contributed by atoms with E-state index in [1.165, 1.54) is 30.3 Å². The second-order valence-corrected chi connectivity index (χ2v) is 6.67. The predicted octanol–water partition coefficient (Wildman–Crippen LogP) is 4.84. The zero-order valence-corrected chi connectivity index (χ0v) is 16.3. The largest absolute Gasteiger partial charge is 0.507 e. The van der Waals surface area contributed by atoms with Gasteiger partial charge in [0.1, 0.15) is 11.5 Å². The molecule has 0 aromatic heterocycles. The molecule has 3 rings (SSSR count). The lowest BCUT2D eigenvalue weighted by atomic mass is 10.1. The van der Waals surface area contributed by atoms with Crippen molar-refractivity contribution in [3.63, 3.8) is 0 Å². The number of oxime groups is 1. The summed E-state index contributed by atoms with van der Waals surface area (Å²) >= 11 is 12.4. The first-order valence-corrected chi connectivity index (χ1v) is 8.99. The van der Waals surface area contributed by atoms with E-state index in [2.05, 4.69) is 10.5 Å². The Kier molecular flexibility index (Phi) is 6.11. The van der Waals surface area contributed by atoms with Crippen molar-refractivity contribution in [1.29, 1.82) is 0 Å². The number of amides is 1. The number of para-hydroxylation sites is 1. The molecule has 0 unspecified atom stereocenters. The van der Waals surface area contributed by atoms with Crippen LogP contribution < -0.4 is 15.8 Å². The number of rotatable bonds is 5. The third-order valence-corrected chi connectivity index (χ3v) is 4.43. The van der Waals surface area contributed by atoms with Crippen molar-refractivity contribution in [1.82, 2.24) is 0 Å². The van der Waals surface area contributed by atoms with Crippen molar-refractivity contribution < 1.29 is 19.8 Å². The van der Waals surface area contributed by atoms with Gasteiger partial charge in [0.25, 0.3) is 5.91 Å². The van der Waals surface area contributed by atoms with Crippen LogP contribution in [-0.2, 0) is 0 Å². The van der Waals surface area contributed by atoms with E-state index in [0.717, 1.165) is 0 Å². The maximum absolute atomic E-state index is 12.5. The van der Waals surface area contributed by atoms with Crippen LogP contribution in [0.3, 0.4) is 0 Å². The van der Waals surface area contributed by atoms with Crippen LogP contribution in [0.5, 0.6) is 17.2 Å². The second kappa shape index (κ2) is 8.72. The van der Waals surface area contributed by atoms with Crippen molar-refractivity contribution in [3.05, 3.63) is 81.8 Å². The van der Waals surface area contributed by atoms with E-state index in [4.69, 9.17) is 38.9 Å². The average Bonchev–Trinajstić information content (AvgIpc) is 2.71. The molecule has 0 aliphatic carbocycles. The van der Waals surface area contributed by atoms with Crippen LogP contribution in [0.15, 0.2) is 65.8 Å². The lowest BCUT2D eigenvalue weighted by molar-refractivity contribution is 0.102. The highest BCUT2D eigenvalue weighted by atomic mass is 35.5. The number of halogens is 2. The van der Waals surface area contributed by atoms with Crippen LogP contribution in [0, 0.1) is 0 Å². The third-order valence-electron chi connectivity index (χ3n) is 3.87. The summed E-state index contributed by atoms with van der Waals surface area (Å²) in [7, 11) is 0. The van der Waals surface area contributed by atoms with E-state index in [9.17, 15) is 9.90 Å². The van der Waals surface area contributed by atoms with Gasteiger partial charge in [-0.2, -0.15) is 0 Å². The molecule has 1 amide bonds. The highest BCUT2D eigenvalue weighted by molar-refractivity contribution is 6.37. The lowest BCUT2D eigenvalue weighted by Crippen LogP contribution is -2.13. The number of ether oxygens (including phenoxy) is 1. The molecule has 5 N–H and O–H groups in total. The van der Waals surface area contributed by atoms with Crippen molar-refractivity contribution in [2.24, 2.45) is 10.9 Å². The molecule has 0 heterocycles. The van der Waals surface area contributed by atoms with Crippen LogP contribution in [0.2, 0.25) is 10.0 Å². The van der Waals surface area contributed by atoms with E-state index < -0.39 is 5.91 Å². The quantitative estimate of drug-likeness (QED) is 0.199. The maximum atomic E-state index is 12.5. The Balaban J connectivity index is 1.88. The molecule has 0 saturated heterocycles. The number of aromatic hydroxyl groups is 1. The predicted molar refractivity (Wildman–Crippen MR) is 112 cm³/mol. The average molecular weight is 432 g/mol. The molecule has 0 radical (unpaired) electrons. The number of benzene rings is 3. The van der Waals surface area contributed by atoms with Crippen LogP contribution in [0.1, 0.15) is 15.9 Å². The standard InChI is InChI=1S/C20H15Cl2N3O4/c21-15-8-11(19(23)25-28)9-16(22)18(15)29-13-6-7-17(26)14(10-13)20(27)24-12-4-2-1-3-5-12/h1-10,26,28H,(H2,23,25)(H,24,27). The van der Waals surface area contributed by atoms with Crippen molar-refractivity contribution in [2.75, 3.05) is 5.32 Å². The zero-order chi connectivity index (χ0) is 21.0. The summed E-state index contributed by atoms with van der Waals surface area (Å²) in [5, 5.41) is 24.6. The number of nitrogens with two attached hydrogens (primary N) is 1. The van der Waals surface area contributed by atoms with Crippen molar-refractivity contribution in [2.45, 2.75) is 0 Å². The molecule has 0 atom stereocenters. The van der Waals surface area contributed by atoms with Gasteiger partial charge in [-0.3, -0.25) is 4.79 Å². The highest BCUT2D eigenvalue weighted by Crippen LogP contribution is 2.38. The molecule has 0 bridgehead atoms. The number of carbonyl (C=O) groups is 1. The fraction of sp³-hybridized carbons (Fsp3) is 0. The van der Waals surface area contributed by atoms with Gasteiger partial charge >= 0.3 is 0 Å². The van der Waals surface area contributed by atoms with Crippen LogP contribution >= 0.6 is 23.2 Å². The number of amidine groups is 1. The molecule has 0 fully saturated rings. The van der Waals surface area contributed by atoms with Crippen molar-refractivity contribution >= 4 is 40.6 Å². The van der Waals surface area contributed by atoms with Gasteiger partial charge in [-0.05, 0) is 42.5 Å². The molecule has 3 aromatic carbocycles. The first-order chi connectivity index (χ1) is 13.9. The molecule has 3 aromatic rings. The van der Waals surface area contributed by atoms with E-state index in [0.29, 0.717) is 11.3 Å². The third kappa shape index (κ3) is 4.71. The smallest absolute Gasteiger partial charge is 0.259 e. The summed E-state index contributed by atoms with van der Waals surface area (Å²) in [6.45, 7) is 0. The van der Waals surface area contributed by atoms with Gasteiger partial charge in [0.15, 0.2) is 11.6 Å². The molecule has 0 spiro atoms. The van der Waals surface area contributed by atoms with Crippen LogP contribution in [-0.4, -0.2) is 22.1 Å². The van der Waals surface area contributed by atoms with Gasteiger partial charge in [0, 0.05) is 11.3 Å². The first kappa shape index (κ1) is 20.3. The molecule has 9 heteroatoms. The number of anilines is 1. The Labute approximate surface area is 175 Å². The highest BCUT2D eigenvalue weighted by Gasteiger charge is 2.16. The number of phenols is 1. The van der Waals surface area contributed by atoms with E-state index in [1.807, 2.05) is 6.07 Å². The number of nitrogens with zero attached hydrogens (tertiary/aromatic N) is 1. The summed E-state index contributed by atoms with van der Waals surface area (Å²) in [6, 6.07) is 15.8. The number of phenolic OH excluding ortho intramolecular Hbond substituents is 1. The molecule has 7 nitrogen and oxygen atoms in total. The minimum atomic E-state index is -0.515. The summed E-state index contributed by atoms with van der Waals surface area (Å²) in [5.41, 5.74) is 6.43. The topological polar surface area (TPSA) is 117 Å². The van der Waals surface area contributed by atoms with Gasteiger partial charge < -0.3 is 26.1 Å². The minimum Gasteiger partial charge on any atom is -0.507 e. The molecule has 0 aliphatic rings. The van der Waals surface area contributed by atoms with Crippen LogP contribution in [0.4, 0.5) is 5.69 Å². The Morgan fingerprint density at radius 3 is 2.31 bits per heavy atom. The molecule has 0 saturated carbocycles. The minimum absolute atomic E-state index is 0.00637. The SMILES string of the molecule is N/C(=N\O)c1cc(Cl)c(Oc2ccc(O)c(C(=O)Nc3ccccc3)c2)c(Cl)c1. The van der Waals surface area contributed by atoms with Crippen LogP contribution in [0.25, 0.3) is 0 Å². The monoisotopic (exact) mass is 431 g/mol. The fourth-order valence-corrected chi connectivity index (χ4v) is 3.03. The molecule has 29 heavy (non-hydrogen) atoms. The molecule has 148 valence electrons. The molecule has 0 aliphatic heterocycles. The number of carbonyl (C=O) groups excluding carboxylic acids is 1. The molecular formula is C20H15Cl2N3O4.